The molecule has 2 aromatic rings. The van der Waals surface area contributed by atoms with Gasteiger partial charge in [0, 0.05) is 16.0 Å². The minimum absolute atomic E-state index is 1.19. The summed E-state index contributed by atoms with van der Waals surface area (Å²) in [6, 6.07) is 6.28. The third kappa shape index (κ3) is 1.68. The van der Waals surface area contributed by atoms with E-state index < -0.39 is 0 Å². The fraction of sp³-hybridized carbons (Fsp3) is 0.182. The topological polar surface area (TPSA) is 17.8 Å². The zero-order chi connectivity index (χ0) is 10.1. The van der Waals surface area contributed by atoms with Crippen LogP contribution in [0.15, 0.2) is 30.6 Å². The van der Waals surface area contributed by atoms with E-state index in [1.54, 1.807) is 6.20 Å². The van der Waals surface area contributed by atoms with Gasteiger partial charge in [-0.3, -0.25) is 0 Å². The maximum atomic E-state index is 4.25. The minimum atomic E-state index is 1.19. The molecule has 1 heterocycles. The molecule has 0 N–H and O–H groups in total. The Morgan fingerprint density at radius 2 is 1.86 bits per heavy atom. The molecule has 0 saturated heterocycles. The molecule has 2 nitrogen and oxygen atoms in total. The second-order valence-corrected chi connectivity index (χ2v) is 4.58. The Bertz CT molecular complexity index is 423. The monoisotopic (exact) mass is 298 g/mol. The highest BCUT2D eigenvalue weighted by molar-refractivity contribution is 14.1. The van der Waals surface area contributed by atoms with E-state index in [-0.39, 0.29) is 0 Å². The summed E-state index contributed by atoms with van der Waals surface area (Å²) in [7, 11) is 0. The van der Waals surface area contributed by atoms with Crippen LogP contribution >= 0.6 is 22.6 Å². The largest absolute Gasteiger partial charge is 0.240 e. The van der Waals surface area contributed by atoms with Gasteiger partial charge >= 0.3 is 0 Å². The summed E-state index contributed by atoms with van der Waals surface area (Å²) < 4.78 is 3.19. The van der Waals surface area contributed by atoms with Crippen LogP contribution in [0.25, 0.3) is 5.69 Å². The average molecular weight is 298 g/mol. The molecule has 0 unspecified atom stereocenters. The molecule has 0 amide bonds. The lowest BCUT2D eigenvalue weighted by Crippen LogP contribution is -2.00. The lowest BCUT2D eigenvalue weighted by Gasteiger charge is -2.10. The summed E-state index contributed by atoms with van der Waals surface area (Å²) in [4.78, 5) is 0. The van der Waals surface area contributed by atoms with Crippen molar-refractivity contribution in [2.24, 2.45) is 0 Å². The van der Waals surface area contributed by atoms with Gasteiger partial charge in [0.15, 0.2) is 0 Å². The van der Waals surface area contributed by atoms with E-state index in [9.17, 15) is 0 Å². The number of halogens is 1. The number of hydrogen-bond donors (Lipinski definition) is 0. The molecule has 0 atom stereocenters. The van der Waals surface area contributed by atoms with Crippen molar-refractivity contribution in [1.29, 1.82) is 0 Å². The van der Waals surface area contributed by atoms with Crippen molar-refractivity contribution < 1.29 is 0 Å². The molecular formula is C11H11IN2. The summed E-state index contributed by atoms with van der Waals surface area (Å²) >= 11 is 2.34. The zero-order valence-corrected chi connectivity index (χ0v) is 10.3. The SMILES string of the molecule is Cc1cc(I)cc(C)c1-n1cccn1. The van der Waals surface area contributed by atoms with Crippen molar-refractivity contribution in [3.63, 3.8) is 0 Å². The lowest BCUT2D eigenvalue weighted by molar-refractivity contribution is 0.864. The quantitative estimate of drug-likeness (QED) is 0.740. The number of hydrogen-bond acceptors (Lipinski definition) is 1. The molecule has 1 aromatic carbocycles. The van der Waals surface area contributed by atoms with Crippen LogP contribution in [0, 0.1) is 17.4 Å². The minimum Gasteiger partial charge on any atom is -0.240 e. The van der Waals surface area contributed by atoms with Gasteiger partial charge in [0.25, 0.3) is 0 Å². The predicted molar refractivity (Wildman–Crippen MR) is 65.8 cm³/mol. The number of rotatable bonds is 1. The van der Waals surface area contributed by atoms with Gasteiger partial charge in [-0.2, -0.15) is 5.10 Å². The smallest absolute Gasteiger partial charge is 0.0704 e. The fourth-order valence-electron chi connectivity index (χ4n) is 1.67. The second kappa shape index (κ2) is 3.73. The summed E-state index contributed by atoms with van der Waals surface area (Å²) in [5, 5.41) is 4.25. The summed E-state index contributed by atoms with van der Waals surface area (Å²) in [6.07, 6.45) is 3.78. The lowest BCUT2D eigenvalue weighted by atomic mass is 10.1. The van der Waals surface area contributed by atoms with Gasteiger partial charge in [-0.05, 0) is 65.8 Å². The Morgan fingerprint density at radius 3 is 2.36 bits per heavy atom. The fourth-order valence-corrected chi connectivity index (χ4v) is 2.60. The van der Waals surface area contributed by atoms with Crippen molar-refractivity contribution in [3.8, 4) is 5.69 Å². The highest BCUT2D eigenvalue weighted by Gasteiger charge is 2.05. The van der Waals surface area contributed by atoms with Crippen LogP contribution in [0.4, 0.5) is 0 Å². The zero-order valence-electron chi connectivity index (χ0n) is 8.16. The molecule has 1 aromatic heterocycles. The summed E-state index contributed by atoms with van der Waals surface area (Å²) in [5.74, 6) is 0. The van der Waals surface area contributed by atoms with E-state index >= 15 is 0 Å². The van der Waals surface area contributed by atoms with E-state index in [1.165, 1.54) is 20.4 Å². The summed E-state index contributed by atoms with van der Waals surface area (Å²) in [5.41, 5.74) is 3.71. The predicted octanol–water partition coefficient (Wildman–Crippen LogP) is 3.09. The molecule has 2 rings (SSSR count). The van der Waals surface area contributed by atoms with E-state index in [2.05, 4.69) is 53.7 Å². The Kier molecular flexibility index (Phi) is 2.58. The van der Waals surface area contributed by atoms with E-state index in [4.69, 9.17) is 0 Å². The number of nitrogens with zero attached hydrogens (tertiary/aromatic N) is 2. The van der Waals surface area contributed by atoms with Crippen molar-refractivity contribution in [2.45, 2.75) is 13.8 Å². The first-order chi connectivity index (χ1) is 6.68. The van der Waals surface area contributed by atoms with Crippen LogP contribution in [0.3, 0.4) is 0 Å². The molecule has 0 radical (unpaired) electrons. The normalized spacial score (nSPS) is 10.5. The molecule has 0 aliphatic carbocycles. The first-order valence-corrected chi connectivity index (χ1v) is 5.53. The average Bonchev–Trinajstić information content (AvgIpc) is 2.54. The Balaban J connectivity index is 2.64. The van der Waals surface area contributed by atoms with Crippen molar-refractivity contribution in [2.75, 3.05) is 0 Å². The molecule has 0 bridgehead atoms. The molecular weight excluding hydrogens is 287 g/mol. The van der Waals surface area contributed by atoms with Gasteiger partial charge < -0.3 is 0 Å². The molecule has 0 saturated carbocycles. The van der Waals surface area contributed by atoms with Crippen LogP contribution < -0.4 is 0 Å². The van der Waals surface area contributed by atoms with Crippen molar-refractivity contribution >= 4 is 22.6 Å². The van der Waals surface area contributed by atoms with E-state index in [1.807, 2.05) is 16.9 Å². The molecule has 0 spiro atoms. The van der Waals surface area contributed by atoms with Crippen LogP contribution in [0.2, 0.25) is 0 Å². The van der Waals surface area contributed by atoms with Crippen LogP contribution in [0.5, 0.6) is 0 Å². The van der Waals surface area contributed by atoms with Crippen LogP contribution in [-0.2, 0) is 0 Å². The van der Waals surface area contributed by atoms with Gasteiger partial charge in [0.1, 0.15) is 0 Å². The number of aryl methyl sites for hydroxylation is 2. The third-order valence-corrected chi connectivity index (χ3v) is 2.81. The molecule has 72 valence electrons. The third-order valence-electron chi connectivity index (χ3n) is 2.19. The summed E-state index contributed by atoms with van der Waals surface area (Å²) in [6.45, 7) is 4.23. The van der Waals surface area contributed by atoms with Gasteiger partial charge in [0.05, 0.1) is 5.69 Å². The second-order valence-electron chi connectivity index (χ2n) is 3.34. The highest BCUT2D eigenvalue weighted by Crippen LogP contribution is 2.21. The molecule has 14 heavy (non-hydrogen) atoms. The highest BCUT2D eigenvalue weighted by atomic mass is 127. The Hall–Kier alpha value is -0.840. The molecule has 0 aliphatic heterocycles. The van der Waals surface area contributed by atoms with Gasteiger partial charge in [-0.25, -0.2) is 4.68 Å². The maximum Gasteiger partial charge on any atom is 0.0704 e. The van der Waals surface area contributed by atoms with Gasteiger partial charge in [-0.15, -0.1) is 0 Å². The van der Waals surface area contributed by atoms with E-state index in [0.29, 0.717) is 0 Å². The Morgan fingerprint density at radius 1 is 1.21 bits per heavy atom. The van der Waals surface area contributed by atoms with Crippen LogP contribution in [-0.4, -0.2) is 9.78 Å². The first kappa shape index (κ1) is 9.71. The molecule has 0 aliphatic rings. The van der Waals surface area contributed by atoms with Crippen molar-refractivity contribution in [3.05, 3.63) is 45.3 Å². The van der Waals surface area contributed by atoms with Crippen molar-refractivity contribution in [1.82, 2.24) is 9.78 Å². The van der Waals surface area contributed by atoms with Gasteiger partial charge in [0.2, 0.25) is 0 Å². The van der Waals surface area contributed by atoms with E-state index in [0.717, 1.165) is 0 Å². The standard InChI is InChI=1S/C11H11IN2/c1-8-6-10(12)7-9(2)11(8)14-5-3-4-13-14/h3-7H,1-2H3. The molecule has 0 fully saturated rings. The number of aromatic nitrogens is 2. The maximum absolute atomic E-state index is 4.25. The first-order valence-electron chi connectivity index (χ1n) is 4.45. The molecule has 3 heteroatoms. The van der Waals surface area contributed by atoms with Crippen LogP contribution in [0.1, 0.15) is 11.1 Å². The number of benzene rings is 1. The Labute approximate surface area is 97.1 Å². The van der Waals surface area contributed by atoms with Gasteiger partial charge in [-0.1, -0.05) is 0 Å².